The summed E-state index contributed by atoms with van der Waals surface area (Å²) in [6.45, 7) is 0.732. The van der Waals surface area contributed by atoms with E-state index in [1.807, 2.05) is 12.1 Å². The summed E-state index contributed by atoms with van der Waals surface area (Å²) in [6.07, 6.45) is 2.23. The van der Waals surface area contributed by atoms with Gasteiger partial charge in [-0.1, -0.05) is 36.4 Å². The van der Waals surface area contributed by atoms with Gasteiger partial charge >= 0.3 is 0 Å². The predicted octanol–water partition coefficient (Wildman–Crippen LogP) is 3.06. The maximum atomic E-state index is 12.3. The first-order chi connectivity index (χ1) is 11.4. The number of hydrogen-bond donors (Lipinski definition) is 0. The Balaban J connectivity index is 1.80. The van der Waals surface area contributed by atoms with Crippen LogP contribution < -0.4 is 0 Å². The monoisotopic (exact) mass is 344 g/mol. The molecule has 2 aromatic carbocycles. The van der Waals surface area contributed by atoms with Gasteiger partial charge in [0.1, 0.15) is 0 Å². The van der Waals surface area contributed by atoms with E-state index in [1.165, 1.54) is 15.4 Å². The molecule has 0 saturated carbocycles. The summed E-state index contributed by atoms with van der Waals surface area (Å²) in [5, 5.41) is 0. The molecule has 1 unspecified atom stereocenters. The lowest BCUT2D eigenvalue weighted by Crippen LogP contribution is -2.24. The van der Waals surface area contributed by atoms with E-state index in [9.17, 15) is 8.42 Å². The van der Waals surface area contributed by atoms with Gasteiger partial charge in [-0.3, -0.25) is 4.90 Å². The quantitative estimate of drug-likeness (QED) is 0.837. The first-order valence-corrected chi connectivity index (χ1v) is 9.63. The van der Waals surface area contributed by atoms with Gasteiger partial charge in [0, 0.05) is 26.7 Å². The van der Waals surface area contributed by atoms with Crippen LogP contribution in [0.4, 0.5) is 0 Å². The van der Waals surface area contributed by atoms with Crippen LogP contribution in [-0.2, 0) is 23.0 Å². The van der Waals surface area contributed by atoms with Crippen molar-refractivity contribution < 1.29 is 8.42 Å². The fourth-order valence-electron chi connectivity index (χ4n) is 3.41. The summed E-state index contributed by atoms with van der Waals surface area (Å²) in [6, 6.07) is 16.2. The highest BCUT2D eigenvalue weighted by atomic mass is 32.2. The Labute approximate surface area is 144 Å². The molecule has 0 radical (unpaired) electrons. The minimum absolute atomic E-state index is 0.352. The third-order valence-electron chi connectivity index (χ3n) is 4.74. The molecule has 0 bridgehead atoms. The fourth-order valence-corrected chi connectivity index (χ4v) is 4.38. The standard InChI is InChI=1S/C19H24N2O2S/c1-20(2)24(22,23)17-9-6-7-15(13-17)14-21(3)19-12-11-16-8-4-5-10-18(16)19/h4-10,13,19H,11-12,14H2,1-3H3. The molecule has 0 amide bonds. The lowest BCUT2D eigenvalue weighted by atomic mass is 10.1. The molecule has 4 nitrogen and oxygen atoms in total. The molecule has 1 aliphatic carbocycles. The summed E-state index contributed by atoms with van der Waals surface area (Å²) in [5.41, 5.74) is 3.85. The van der Waals surface area contributed by atoms with Gasteiger partial charge in [-0.2, -0.15) is 0 Å². The van der Waals surface area contributed by atoms with E-state index >= 15 is 0 Å². The van der Waals surface area contributed by atoms with Gasteiger partial charge < -0.3 is 0 Å². The average Bonchev–Trinajstić information content (AvgIpc) is 2.99. The van der Waals surface area contributed by atoms with Crippen LogP contribution in [0, 0.1) is 0 Å². The SMILES string of the molecule is CN(Cc1cccc(S(=O)(=O)N(C)C)c1)C1CCc2ccccc21. The van der Waals surface area contributed by atoms with Crippen LogP contribution in [0.15, 0.2) is 53.4 Å². The number of benzene rings is 2. The van der Waals surface area contributed by atoms with Crippen molar-refractivity contribution in [2.24, 2.45) is 0 Å². The second kappa shape index (κ2) is 6.67. The molecule has 24 heavy (non-hydrogen) atoms. The molecule has 128 valence electrons. The van der Waals surface area contributed by atoms with E-state index < -0.39 is 10.0 Å². The Morgan fingerprint density at radius 3 is 2.54 bits per heavy atom. The molecular formula is C19H24N2O2S. The number of rotatable bonds is 5. The molecule has 1 atom stereocenters. The minimum atomic E-state index is -3.39. The van der Waals surface area contributed by atoms with Crippen molar-refractivity contribution in [2.75, 3.05) is 21.1 Å². The van der Waals surface area contributed by atoms with Gasteiger partial charge in [0.05, 0.1) is 4.90 Å². The van der Waals surface area contributed by atoms with Gasteiger partial charge in [0.2, 0.25) is 10.0 Å². The smallest absolute Gasteiger partial charge is 0.242 e. The Morgan fingerprint density at radius 1 is 1.04 bits per heavy atom. The molecule has 0 heterocycles. The Kier molecular flexibility index (Phi) is 4.76. The van der Waals surface area contributed by atoms with E-state index in [1.54, 1.807) is 26.2 Å². The van der Waals surface area contributed by atoms with Crippen molar-refractivity contribution in [3.63, 3.8) is 0 Å². The minimum Gasteiger partial charge on any atom is -0.295 e. The van der Waals surface area contributed by atoms with Crippen molar-refractivity contribution in [1.29, 1.82) is 0 Å². The molecular weight excluding hydrogens is 320 g/mol. The molecule has 2 aromatic rings. The Bertz CT molecular complexity index is 831. The molecule has 0 N–H and O–H groups in total. The van der Waals surface area contributed by atoms with Crippen LogP contribution in [0.3, 0.4) is 0 Å². The lowest BCUT2D eigenvalue weighted by molar-refractivity contribution is 0.236. The van der Waals surface area contributed by atoms with Gasteiger partial charge in [-0.05, 0) is 48.7 Å². The molecule has 0 saturated heterocycles. The number of aryl methyl sites for hydroxylation is 1. The van der Waals surface area contributed by atoms with Gasteiger partial charge in [-0.25, -0.2) is 12.7 Å². The number of fused-ring (bicyclic) bond motifs is 1. The second-order valence-electron chi connectivity index (χ2n) is 6.60. The number of sulfonamides is 1. The third-order valence-corrected chi connectivity index (χ3v) is 6.55. The summed E-state index contributed by atoms with van der Waals surface area (Å²) in [7, 11) is 1.84. The molecule has 0 spiro atoms. The fraction of sp³-hybridized carbons (Fsp3) is 0.368. The molecule has 0 fully saturated rings. The average molecular weight is 344 g/mol. The van der Waals surface area contributed by atoms with Crippen molar-refractivity contribution in [2.45, 2.75) is 30.3 Å². The van der Waals surface area contributed by atoms with Crippen LogP contribution in [0.25, 0.3) is 0 Å². The van der Waals surface area contributed by atoms with E-state index in [0.717, 1.165) is 24.9 Å². The largest absolute Gasteiger partial charge is 0.295 e. The van der Waals surface area contributed by atoms with Crippen LogP contribution in [0.1, 0.15) is 29.2 Å². The molecule has 1 aliphatic rings. The summed E-state index contributed by atoms with van der Waals surface area (Å²) >= 11 is 0. The van der Waals surface area contributed by atoms with Crippen LogP contribution in [0.5, 0.6) is 0 Å². The predicted molar refractivity (Wildman–Crippen MR) is 96.3 cm³/mol. The van der Waals surface area contributed by atoms with Crippen molar-refractivity contribution >= 4 is 10.0 Å². The number of hydrogen-bond acceptors (Lipinski definition) is 3. The van der Waals surface area contributed by atoms with Gasteiger partial charge in [0.25, 0.3) is 0 Å². The maximum Gasteiger partial charge on any atom is 0.242 e. The Hall–Kier alpha value is -1.69. The highest BCUT2D eigenvalue weighted by molar-refractivity contribution is 7.89. The highest BCUT2D eigenvalue weighted by Gasteiger charge is 2.25. The Morgan fingerprint density at radius 2 is 1.79 bits per heavy atom. The summed E-state index contributed by atoms with van der Waals surface area (Å²) in [4.78, 5) is 2.66. The van der Waals surface area contributed by atoms with E-state index in [-0.39, 0.29) is 0 Å². The van der Waals surface area contributed by atoms with E-state index in [4.69, 9.17) is 0 Å². The van der Waals surface area contributed by atoms with Gasteiger partial charge in [-0.15, -0.1) is 0 Å². The maximum absolute atomic E-state index is 12.3. The molecule has 0 aromatic heterocycles. The highest BCUT2D eigenvalue weighted by Crippen LogP contribution is 2.35. The first kappa shape index (κ1) is 17.1. The lowest BCUT2D eigenvalue weighted by Gasteiger charge is -2.25. The van der Waals surface area contributed by atoms with Crippen molar-refractivity contribution in [3.05, 3.63) is 65.2 Å². The van der Waals surface area contributed by atoms with E-state index in [0.29, 0.717) is 10.9 Å². The second-order valence-corrected chi connectivity index (χ2v) is 8.76. The molecule has 0 aliphatic heterocycles. The summed E-state index contributed by atoms with van der Waals surface area (Å²) in [5.74, 6) is 0. The third kappa shape index (κ3) is 3.24. The zero-order valence-electron chi connectivity index (χ0n) is 14.4. The van der Waals surface area contributed by atoms with Crippen LogP contribution >= 0.6 is 0 Å². The number of nitrogens with zero attached hydrogens (tertiary/aromatic N) is 2. The van der Waals surface area contributed by atoms with Crippen molar-refractivity contribution in [3.8, 4) is 0 Å². The topological polar surface area (TPSA) is 40.6 Å². The first-order valence-electron chi connectivity index (χ1n) is 8.19. The van der Waals surface area contributed by atoms with Gasteiger partial charge in [0.15, 0.2) is 0 Å². The zero-order valence-corrected chi connectivity index (χ0v) is 15.3. The molecule has 3 rings (SSSR count). The summed E-state index contributed by atoms with van der Waals surface area (Å²) < 4.78 is 25.9. The van der Waals surface area contributed by atoms with Crippen LogP contribution in [-0.4, -0.2) is 38.8 Å². The van der Waals surface area contributed by atoms with Crippen LogP contribution in [0.2, 0.25) is 0 Å². The zero-order chi connectivity index (χ0) is 17.3. The van der Waals surface area contributed by atoms with E-state index in [2.05, 4.69) is 36.2 Å². The van der Waals surface area contributed by atoms with Crippen molar-refractivity contribution in [1.82, 2.24) is 9.21 Å². The molecule has 5 heteroatoms. The normalized spacial score (nSPS) is 17.5.